The minimum absolute atomic E-state index is 0.00361. The predicted molar refractivity (Wildman–Crippen MR) is 179 cm³/mol. The Kier molecular flexibility index (Phi) is 9.55. The average molecular weight is 663 g/mol. The van der Waals surface area contributed by atoms with E-state index in [1.165, 1.54) is 13.2 Å². The van der Waals surface area contributed by atoms with Crippen LogP contribution in [-0.4, -0.2) is 80.2 Å². The standard InChI is InChI=1S/C34H40F2N8O4/c1-19(2)44-21(4)38-30-24(35)15-22(16-27(30)44)29-25(36)18-37-32(41-29)40-26-17-23(9-10-28(26)47-8)39-31(45)20(3)42-11-13-43(14-12-42)33(46)48-34(5,6)7/h9-10,15-19H,3,11-14H2,1-2,4-8H3,(H,39,45)(H,37,40,41). The van der Waals surface area contributed by atoms with E-state index in [1.54, 1.807) is 36.1 Å². The molecule has 4 aromatic rings. The lowest BCUT2D eigenvalue weighted by molar-refractivity contribution is -0.114. The molecule has 1 saturated heterocycles. The summed E-state index contributed by atoms with van der Waals surface area (Å²) in [6.45, 7) is 16.7. The second-order valence-corrected chi connectivity index (χ2v) is 12.7. The minimum Gasteiger partial charge on any atom is -0.495 e. The van der Waals surface area contributed by atoms with E-state index < -0.39 is 29.2 Å². The molecule has 0 radical (unpaired) electrons. The number of carbonyl (C=O) groups is 2. The molecule has 14 heteroatoms. The maximum Gasteiger partial charge on any atom is 0.410 e. The van der Waals surface area contributed by atoms with Gasteiger partial charge in [0.25, 0.3) is 5.91 Å². The summed E-state index contributed by atoms with van der Waals surface area (Å²) in [5.41, 5.74) is 1.31. The zero-order valence-corrected chi connectivity index (χ0v) is 28.1. The lowest BCUT2D eigenvalue weighted by Crippen LogP contribution is -2.50. The molecule has 2 aromatic carbocycles. The van der Waals surface area contributed by atoms with Crippen molar-refractivity contribution in [3.8, 4) is 17.0 Å². The fourth-order valence-electron chi connectivity index (χ4n) is 5.52. The van der Waals surface area contributed by atoms with Crippen LogP contribution in [0.4, 0.5) is 30.9 Å². The summed E-state index contributed by atoms with van der Waals surface area (Å²) < 4.78 is 43.1. The van der Waals surface area contributed by atoms with Gasteiger partial charge in [0.15, 0.2) is 11.6 Å². The number of rotatable bonds is 8. The molecule has 0 saturated carbocycles. The SMILES string of the molecule is C=C(C(=O)Nc1ccc(OC)c(Nc2ncc(F)c(-c3cc(F)c4nc(C)n(C(C)C)c4c3)n2)c1)N1CCN(C(=O)OC(C)(C)C)CC1. The first-order chi connectivity index (χ1) is 22.6. The summed E-state index contributed by atoms with van der Waals surface area (Å²) in [5.74, 6) is -0.674. The number of halogens is 2. The number of nitrogens with one attached hydrogen (secondary N) is 2. The van der Waals surface area contributed by atoms with Crippen LogP contribution in [0.15, 0.2) is 48.8 Å². The third kappa shape index (κ3) is 7.32. The van der Waals surface area contributed by atoms with E-state index >= 15 is 8.78 Å². The van der Waals surface area contributed by atoms with E-state index in [9.17, 15) is 9.59 Å². The van der Waals surface area contributed by atoms with Gasteiger partial charge in [-0.2, -0.15) is 0 Å². The molecule has 3 heterocycles. The summed E-state index contributed by atoms with van der Waals surface area (Å²) in [5, 5.41) is 5.86. The fraction of sp³-hybridized carbons (Fsp3) is 0.382. The molecule has 0 aliphatic carbocycles. The molecule has 1 fully saturated rings. The number of methoxy groups -OCH3 is 1. The van der Waals surface area contributed by atoms with E-state index in [0.29, 0.717) is 54.6 Å². The number of anilines is 3. The number of ether oxygens (including phenoxy) is 2. The van der Waals surface area contributed by atoms with Crippen LogP contribution < -0.4 is 15.4 Å². The Bertz CT molecular complexity index is 1880. The van der Waals surface area contributed by atoms with Gasteiger partial charge in [0, 0.05) is 43.5 Å². The van der Waals surface area contributed by atoms with Crippen molar-refractivity contribution in [1.82, 2.24) is 29.3 Å². The van der Waals surface area contributed by atoms with Gasteiger partial charge in [0.05, 0.1) is 30.2 Å². The van der Waals surface area contributed by atoms with E-state index in [4.69, 9.17) is 9.47 Å². The van der Waals surface area contributed by atoms with Gasteiger partial charge < -0.3 is 34.5 Å². The number of fused-ring (bicyclic) bond motifs is 1. The molecule has 5 rings (SSSR count). The smallest absolute Gasteiger partial charge is 0.410 e. The first-order valence-electron chi connectivity index (χ1n) is 15.5. The highest BCUT2D eigenvalue weighted by molar-refractivity contribution is 6.03. The molecule has 1 aliphatic heterocycles. The maximum absolute atomic E-state index is 15.2. The first kappa shape index (κ1) is 34.1. The molecule has 12 nitrogen and oxygen atoms in total. The Morgan fingerprint density at radius 2 is 1.69 bits per heavy atom. The second-order valence-electron chi connectivity index (χ2n) is 12.7. The van der Waals surface area contributed by atoms with Crippen molar-refractivity contribution in [2.75, 3.05) is 43.9 Å². The largest absolute Gasteiger partial charge is 0.495 e. The Morgan fingerprint density at radius 3 is 2.33 bits per heavy atom. The zero-order chi connectivity index (χ0) is 34.9. The molecule has 0 atom stereocenters. The Balaban J connectivity index is 1.32. The number of nitrogens with zero attached hydrogens (tertiary/aromatic N) is 6. The average Bonchev–Trinajstić information content (AvgIpc) is 3.37. The second kappa shape index (κ2) is 13.5. The summed E-state index contributed by atoms with van der Waals surface area (Å²) >= 11 is 0. The van der Waals surface area contributed by atoms with Crippen molar-refractivity contribution >= 4 is 40.4 Å². The number of aromatic nitrogens is 4. The number of hydrogen-bond donors (Lipinski definition) is 2. The number of carbonyl (C=O) groups excluding carboxylic acids is 2. The number of benzene rings is 2. The molecule has 2 aromatic heterocycles. The Morgan fingerprint density at radius 1 is 1.00 bits per heavy atom. The third-order valence-corrected chi connectivity index (χ3v) is 7.74. The number of amides is 2. The molecule has 0 bridgehead atoms. The Labute approximate surface area is 277 Å². The predicted octanol–water partition coefficient (Wildman–Crippen LogP) is 6.42. The van der Waals surface area contributed by atoms with Gasteiger partial charge in [0.1, 0.15) is 28.4 Å². The van der Waals surface area contributed by atoms with Gasteiger partial charge >= 0.3 is 6.09 Å². The van der Waals surface area contributed by atoms with Crippen LogP contribution in [-0.2, 0) is 9.53 Å². The summed E-state index contributed by atoms with van der Waals surface area (Å²) in [7, 11) is 1.48. The van der Waals surface area contributed by atoms with E-state index in [2.05, 4.69) is 32.2 Å². The molecule has 2 N–H and O–H groups in total. The molecular formula is C34H40F2N8O4. The van der Waals surface area contributed by atoms with Gasteiger partial charge in [-0.3, -0.25) is 4.79 Å². The molecule has 0 spiro atoms. The lowest BCUT2D eigenvalue weighted by atomic mass is 10.1. The molecular weight excluding hydrogens is 622 g/mol. The zero-order valence-electron chi connectivity index (χ0n) is 28.1. The van der Waals surface area contributed by atoms with Crippen LogP contribution in [0.1, 0.15) is 46.5 Å². The fourth-order valence-corrected chi connectivity index (χ4v) is 5.52. The van der Waals surface area contributed by atoms with Gasteiger partial charge in [-0.15, -0.1) is 0 Å². The van der Waals surface area contributed by atoms with Crippen molar-refractivity contribution in [3.05, 3.63) is 66.3 Å². The van der Waals surface area contributed by atoms with Gasteiger partial charge in [-0.05, 0) is 71.9 Å². The van der Waals surface area contributed by atoms with Gasteiger partial charge in [-0.25, -0.2) is 28.5 Å². The third-order valence-electron chi connectivity index (χ3n) is 7.74. The molecule has 2 amide bonds. The number of aryl methyl sites for hydroxylation is 1. The van der Waals surface area contributed by atoms with Crippen molar-refractivity contribution in [2.45, 2.75) is 53.2 Å². The normalized spacial score (nSPS) is 13.5. The van der Waals surface area contributed by atoms with E-state index in [0.717, 1.165) is 6.20 Å². The number of piperazine rings is 1. The van der Waals surface area contributed by atoms with Gasteiger partial charge in [-0.1, -0.05) is 6.58 Å². The van der Waals surface area contributed by atoms with E-state index in [1.807, 2.05) is 44.1 Å². The molecule has 1 aliphatic rings. The van der Waals surface area contributed by atoms with Crippen LogP contribution >= 0.6 is 0 Å². The highest BCUT2D eigenvalue weighted by Gasteiger charge is 2.28. The monoisotopic (exact) mass is 662 g/mol. The highest BCUT2D eigenvalue weighted by Crippen LogP contribution is 2.33. The maximum atomic E-state index is 15.2. The Hall–Kier alpha value is -5.27. The lowest BCUT2D eigenvalue weighted by Gasteiger charge is -2.37. The highest BCUT2D eigenvalue weighted by atomic mass is 19.1. The van der Waals surface area contributed by atoms with Crippen LogP contribution in [0, 0.1) is 18.6 Å². The van der Waals surface area contributed by atoms with Crippen LogP contribution in [0.2, 0.25) is 0 Å². The first-order valence-corrected chi connectivity index (χ1v) is 15.5. The van der Waals surface area contributed by atoms with Crippen LogP contribution in [0.5, 0.6) is 5.75 Å². The molecule has 254 valence electrons. The summed E-state index contributed by atoms with van der Waals surface area (Å²) in [6.07, 6.45) is 0.609. The van der Waals surface area contributed by atoms with E-state index in [-0.39, 0.29) is 34.5 Å². The number of imidazole rings is 1. The van der Waals surface area contributed by atoms with Crippen molar-refractivity contribution in [1.29, 1.82) is 0 Å². The van der Waals surface area contributed by atoms with Crippen LogP contribution in [0.3, 0.4) is 0 Å². The number of hydrogen-bond acceptors (Lipinski definition) is 9. The van der Waals surface area contributed by atoms with Crippen molar-refractivity contribution in [3.63, 3.8) is 0 Å². The molecule has 48 heavy (non-hydrogen) atoms. The van der Waals surface area contributed by atoms with Crippen molar-refractivity contribution in [2.24, 2.45) is 0 Å². The van der Waals surface area contributed by atoms with Gasteiger partial charge in [0.2, 0.25) is 5.95 Å². The minimum atomic E-state index is -0.731. The quantitative estimate of drug-likeness (QED) is 0.206. The summed E-state index contributed by atoms with van der Waals surface area (Å²) in [4.78, 5) is 41.8. The molecule has 0 unspecified atom stereocenters. The topological polar surface area (TPSA) is 127 Å². The van der Waals surface area contributed by atoms with Crippen molar-refractivity contribution < 1.29 is 27.8 Å². The van der Waals surface area contributed by atoms with Crippen LogP contribution in [0.25, 0.3) is 22.3 Å². The summed E-state index contributed by atoms with van der Waals surface area (Å²) in [6, 6.07) is 7.79.